The molecule has 67 heavy (non-hydrogen) atoms. The highest BCUT2D eigenvalue weighted by atomic mass is 15.0. The number of hydrogen-bond donors (Lipinski definition) is 0. The zero-order chi connectivity index (χ0) is 44.5. The van der Waals surface area contributed by atoms with E-state index in [0.717, 1.165) is 66.7 Å². The summed E-state index contributed by atoms with van der Waals surface area (Å²) < 4.78 is 2.32. The lowest BCUT2D eigenvalue weighted by Crippen LogP contribution is -2.00. The predicted molar refractivity (Wildman–Crippen MR) is 280 cm³/mol. The quantitative estimate of drug-likeness (QED) is 0.145. The van der Waals surface area contributed by atoms with Crippen molar-refractivity contribution >= 4 is 21.9 Å². The van der Waals surface area contributed by atoms with E-state index < -0.39 is 0 Å². The summed E-state index contributed by atoms with van der Waals surface area (Å²) in [5.74, 6) is 0.679. The van der Waals surface area contributed by atoms with E-state index in [4.69, 9.17) is 9.97 Å². The van der Waals surface area contributed by atoms with Crippen LogP contribution in [0.2, 0.25) is 0 Å². The summed E-state index contributed by atoms with van der Waals surface area (Å²) in [7, 11) is 0. The summed E-state index contributed by atoms with van der Waals surface area (Å²) in [5, 5.41) is 1.08. The number of benzene rings is 10. The molecule has 0 atom stereocenters. The summed E-state index contributed by atoms with van der Waals surface area (Å²) in [6.07, 6.45) is 0. The number of para-hydroxylation sites is 2. The molecule has 0 aliphatic carbocycles. The molecule has 0 spiro atoms. The largest absolute Gasteiger partial charge is 0.306 e. The Bertz CT molecular complexity index is 3720. The fourth-order valence-corrected chi connectivity index (χ4v) is 9.45. The SMILES string of the molecule is c1ccc(-c2ccc(-c3cccc(-c4cccc(-c5nc(-c6cccc(-c7cccc(-c8cccc(-c9ccccc9)c8)c7)c6)nc6c7ccccc7n(-c7ccccc7)c56)c4)c3)cc2)cc1. The highest BCUT2D eigenvalue weighted by Crippen LogP contribution is 2.40. The van der Waals surface area contributed by atoms with Crippen LogP contribution in [0.1, 0.15) is 0 Å². The van der Waals surface area contributed by atoms with E-state index in [-0.39, 0.29) is 0 Å². The van der Waals surface area contributed by atoms with E-state index in [9.17, 15) is 0 Å². The molecule has 2 aromatic heterocycles. The maximum Gasteiger partial charge on any atom is 0.160 e. The van der Waals surface area contributed by atoms with Crippen molar-refractivity contribution in [3.63, 3.8) is 0 Å². The van der Waals surface area contributed by atoms with Crippen LogP contribution in [0.3, 0.4) is 0 Å². The van der Waals surface area contributed by atoms with Gasteiger partial charge in [-0.2, -0.15) is 0 Å². The van der Waals surface area contributed by atoms with Gasteiger partial charge in [0, 0.05) is 22.2 Å². The van der Waals surface area contributed by atoms with E-state index >= 15 is 0 Å². The standard InChI is InChI=1S/C64H43N3/c1-4-17-44(18-5-1)46-35-37-47(38-36-46)49-22-13-24-51(40-49)54-27-15-29-56(42-54)61-63-62(59-33-10-11-34-60(59)67(63)58-31-8-3-9-32-58)66-64(65-61)57-30-16-28-55(43-57)53-26-14-25-52(41-53)50-23-12-21-48(39-50)45-19-6-2-7-20-45/h1-43H. The Kier molecular flexibility index (Phi) is 10.2. The van der Waals surface area contributed by atoms with Gasteiger partial charge in [-0.15, -0.1) is 0 Å². The minimum Gasteiger partial charge on any atom is -0.306 e. The summed E-state index contributed by atoms with van der Waals surface area (Å²) in [4.78, 5) is 11.0. The molecule has 12 aromatic rings. The average Bonchev–Trinajstić information content (AvgIpc) is 3.76. The van der Waals surface area contributed by atoms with Crippen molar-refractivity contribution in [2.45, 2.75) is 0 Å². The molecule has 12 rings (SSSR count). The second kappa shape index (κ2) is 17.2. The first kappa shape index (κ1) is 39.7. The van der Waals surface area contributed by atoms with Crippen molar-refractivity contribution in [1.82, 2.24) is 14.5 Å². The van der Waals surface area contributed by atoms with Crippen molar-refractivity contribution in [2.75, 3.05) is 0 Å². The topological polar surface area (TPSA) is 30.7 Å². The van der Waals surface area contributed by atoms with Crippen LogP contribution < -0.4 is 0 Å². The second-order valence-corrected chi connectivity index (χ2v) is 17.0. The van der Waals surface area contributed by atoms with Crippen molar-refractivity contribution in [2.24, 2.45) is 0 Å². The van der Waals surface area contributed by atoms with E-state index in [0.29, 0.717) is 5.82 Å². The van der Waals surface area contributed by atoms with E-state index in [1.165, 1.54) is 44.5 Å². The number of fused-ring (bicyclic) bond motifs is 3. The van der Waals surface area contributed by atoms with Crippen molar-refractivity contribution in [3.05, 3.63) is 261 Å². The van der Waals surface area contributed by atoms with Gasteiger partial charge in [-0.05, 0) is 115 Å². The van der Waals surface area contributed by atoms with Gasteiger partial charge in [0.25, 0.3) is 0 Å². The number of hydrogen-bond acceptors (Lipinski definition) is 2. The molecule has 3 heteroatoms. The van der Waals surface area contributed by atoms with Crippen molar-refractivity contribution in [3.8, 4) is 95.1 Å². The molecule has 0 bridgehead atoms. The fraction of sp³-hybridized carbons (Fsp3) is 0. The lowest BCUT2D eigenvalue weighted by Gasteiger charge is -2.14. The predicted octanol–water partition coefficient (Wildman–Crippen LogP) is 16.9. The third-order valence-corrected chi connectivity index (χ3v) is 12.8. The van der Waals surface area contributed by atoms with E-state index in [2.05, 4.69) is 265 Å². The zero-order valence-electron chi connectivity index (χ0n) is 36.7. The second-order valence-electron chi connectivity index (χ2n) is 17.0. The maximum absolute atomic E-state index is 5.56. The Morgan fingerprint density at radius 1 is 0.254 bits per heavy atom. The van der Waals surface area contributed by atoms with Gasteiger partial charge < -0.3 is 4.57 Å². The van der Waals surface area contributed by atoms with Crippen LogP contribution in [0.25, 0.3) is 117 Å². The van der Waals surface area contributed by atoms with Gasteiger partial charge in [0.2, 0.25) is 0 Å². The molecule has 314 valence electrons. The molecular formula is C64H43N3. The molecule has 0 amide bonds. The highest BCUT2D eigenvalue weighted by Gasteiger charge is 2.22. The number of aromatic nitrogens is 3. The Labute approximate surface area is 390 Å². The Hall–Kier alpha value is -8.92. The minimum atomic E-state index is 0.679. The Morgan fingerprint density at radius 2 is 0.597 bits per heavy atom. The lowest BCUT2D eigenvalue weighted by atomic mass is 9.95. The summed E-state index contributed by atoms with van der Waals surface area (Å²) >= 11 is 0. The fourth-order valence-electron chi connectivity index (χ4n) is 9.45. The molecule has 3 nitrogen and oxygen atoms in total. The Balaban J connectivity index is 0.972. The zero-order valence-corrected chi connectivity index (χ0v) is 36.7. The normalized spacial score (nSPS) is 11.3. The van der Waals surface area contributed by atoms with Crippen LogP contribution >= 0.6 is 0 Å². The third-order valence-electron chi connectivity index (χ3n) is 12.8. The first-order valence-corrected chi connectivity index (χ1v) is 22.8. The number of rotatable bonds is 9. The molecule has 0 fully saturated rings. The molecule has 0 aliphatic rings. The van der Waals surface area contributed by atoms with Gasteiger partial charge in [0.1, 0.15) is 5.52 Å². The van der Waals surface area contributed by atoms with Gasteiger partial charge in [-0.25, -0.2) is 9.97 Å². The number of nitrogens with zero attached hydrogens (tertiary/aromatic N) is 3. The van der Waals surface area contributed by atoms with Crippen LogP contribution in [0.5, 0.6) is 0 Å². The Morgan fingerprint density at radius 3 is 1.12 bits per heavy atom. The average molecular weight is 854 g/mol. The lowest BCUT2D eigenvalue weighted by molar-refractivity contribution is 1.15. The van der Waals surface area contributed by atoms with Crippen LogP contribution in [0, 0.1) is 0 Å². The summed E-state index contributed by atoms with van der Waals surface area (Å²) in [6.45, 7) is 0. The molecule has 0 saturated heterocycles. The molecule has 0 saturated carbocycles. The molecule has 10 aromatic carbocycles. The smallest absolute Gasteiger partial charge is 0.160 e. The first-order chi connectivity index (χ1) is 33.2. The van der Waals surface area contributed by atoms with Crippen LogP contribution in [0.4, 0.5) is 0 Å². The van der Waals surface area contributed by atoms with Gasteiger partial charge in [-0.1, -0.05) is 212 Å². The highest BCUT2D eigenvalue weighted by molar-refractivity contribution is 6.11. The van der Waals surface area contributed by atoms with Crippen molar-refractivity contribution < 1.29 is 0 Å². The molecule has 0 unspecified atom stereocenters. The van der Waals surface area contributed by atoms with Gasteiger partial charge in [0.15, 0.2) is 5.82 Å². The van der Waals surface area contributed by atoms with E-state index in [1.54, 1.807) is 0 Å². The molecular weight excluding hydrogens is 811 g/mol. The van der Waals surface area contributed by atoms with Gasteiger partial charge >= 0.3 is 0 Å². The van der Waals surface area contributed by atoms with Gasteiger partial charge in [-0.3, -0.25) is 0 Å². The molecule has 2 heterocycles. The molecule has 0 N–H and O–H groups in total. The van der Waals surface area contributed by atoms with Crippen LogP contribution in [-0.4, -0.2) is 14.5 Å². The summed E-state index contributed by atoms with van der Waals surface area (Å²) in [6, 6.07) is 93.0. The molecule has 0 radical (unpaired) electrons. The third kappa shape index (κ3) is 7.69. The monoisotopic (exact) mass is 853 g/mol. The van der Waals surface area contributed by atoms with E-state index in [1.807, 2.05) is 0 Å². The van der Waals surface area contributed by atoms with Gasteiger partial charge in [0.05, 0.1) is 16.7 Å². The summed E-state index contributed by atoms with van der Waals surface area (Å²) in [5.41, 5.74) is 20.9. The van der Waals surface area contributed by atoms with Crippen LogP contribution in [-0.2, 0) is 0 Å². The van der Waals surface area contributed by atoms with Crippen LogP contribution in [0.15, 0.2) is 261 Å². The minimum absolute atomic E-state index is 0.679. The maximum atomic E-state index is 5.56. The molecule has 0 aliphatic heterocycles. The van der Waals surface area contributed by atoms with Crippen molar-refractivity contribution in [1.29, 1.82) is 0 Å². The first-order valence-electron chi connectivity index (χ1n) is 22.8.